The Balaban J connectivity index is 2.35. The van der Waals surface area contributed by atoms with Crippen LogP contribution in [-0.4, -0.2) is 27.8 Å². The lowest BCUT2D eigenvalue weighted by atomic mass is 9.82. The van der Waals surface area contributed by atoms with Gasteiger partial charge in [0.05, 0.1) is 28.4 Å². The summed E-state index contributed by atoms with van der Waals surface area (Å²) in [6, 6.07) is 7.17. The molecule has 0 bridgehead atoms. The lowest BCUT2D eigenvalue weighted by molar-refractivity contribution is -0.0893. The molecular formula is C15H18BFN2O2S. The Morgan fingerprint density at radius 1 is 1.36 bits per heavy atom. The van der Waals surface area contributed by atoms with Crippen molar-refractivity contribution in [3.8, 4) is 6.07 Å². The van der Waals surface area contributed by atoms with E-state index in [0.717, 1.165) is 10.8 Å². The number of halogens is 1. The highest BCUT2D eigenvalue weighted by Gasteiger charge is 2.35. The first-order valence-corrected chi connectivity index (χ1v) is 7.56. The second-order valence-electron chi connectivity index (χ2n) is 6.25. The third kappa shape index (κ3) is 3.14. The van der Waals surface area contributed by atoms with Gasteiger partial charge in [-0.25, -0.2) is 0 Å². The minimum atomic E-state index is -1.01. The van der Waals surface area contributed by atoms with E-state index in [2.05, 4.69) is 0 Å². The zero-order valence-corrected chi connectivity index (χ0v) is 13.9. The van der Waals surface area contributed by atoms with E-state index in [1.165, 1.54) is 3.97 Å². The highest BCUT2D eigenvalue weighted by atomic mass is 32.2. The second-order valence-corrected chi connectivity index (χ2v) is 6.78. The van der Waals surface area contributed by atoms with E-state index in [4.69, 9.17) is 9.92 Å². The summed E-state index contributed by atoms with van der Waals surface area (Å²) in [5.41, 5.74) is 0.156. The maximum absolute atomic E-state index is 13.1. The van der Waals surface area contributed by atoms with Crippen molar-refractivity contribution in [2.45, 2.75) is 38.9 Å². The number of hydrogen-bond donors (Lipinski definition) is 1. The molecule has 2 aromatic rings. The first-order valence-electron chi connectivity index (χ1n) is 6.89. The lowest BCUT2D eigenvalue weighted by Gasteiger charge is -2.37. The molecule has 0 aliphatic heterocycles. The summed E-state index contributed by atoms with van der Waals surface area (Å²) in [7, 11) is 0.243. The van der Waals surface area contributed by atoms with Crippen LogP contribution in [0.3, 0.4) is 0 Å². The number of aromatic nitrogens is 1. The molecule has 0 fully saturated rings. The van der Waals surface area contributed by atoms with Crippen LogP contribution < -0.4 is 5.46 Å². The van der Waals surface area contributed by atoms with Crippen molar-refractivity contribution in [3.05, 3.63) is 30.0 Å². The van der Waals surface area contributed by atoms with Gasteiger partial charge in [-0.1, -0.05) is 6.07 Å². The standard InChI is InChI=1S/C15H18BFN2O2S/c1-14(2,20)15(3,4)21-16-12-9-19(22-17)13-7-10(8-18)5-6-11(12)13/h5-7,9,16,20H,1-4H3. The van der Waals surface area contributed by atoms with Crippen molar-refractivity contribution in [1.82, 2.24) is 3.97 Å². The van der Waals surface area contributed by atoms with Gasteiger partial charge in [0.15, 0.2) is 12.3 Å². The number of nitrogens with zero attached hydrogens (tertiary/aromatic N) is 2. The SMILES string of the molecule is CC(C)(O)C(C)(C)OBc1cn(SF)c2cc(C#N)ccc12. The maximum atomic E-state index is 13.1. The zero-order valence-electron chi connectivity index (χ0n) is 13.1. The average molecular weight is 320 g/mol. The Kier molecular flexibility index (Phi) is 4.57. The largest absolute Gasteiger partial charge is 0.427 e. The summed E-state index contributed by atoms with van der Waals surface area (Å²) >= 11 is 0.0795. The maximum Gasteiger partial charge on any atom is 0.311 e. The summed E-state index contributed by atoms with van der Waals surface area (Å²) in [5, 5.41) is 19.9. The van der Waals surface area contributed by atoms with Gasteiger partial charge < -0.3 is 9.76 Å². The number of aliphatic hydroxyl groups is 1. The fraction of sp³-hybridized carbons (Fsp3) is 0.400. The Bertz CT molecular complexity index is 731. The van der Waals surface area contributed by atoms with Crippen LogP contribution in [0.2, 0.25) is 0 Å². The van der Waals surface area contributed by atoms with E-state index < -0.39 is 11.2 Å². The number of hydrogen-bond acceptors (Lipinski definition) is 4. The molecule has 0 saturated heterocycles. The molecule has 116 valence electrons. The molecule has 1 aromatic heterocycles. The van der Waals surface area contributed by atoms with Crippen LogP contribution in [0.15, 0.2) is 24.4 Å². The van der Waals surface area contributed by atoms with Gasteiger partial charge in [0.25, 0.3) is 0 Å². The Labute approximate surface area is 134 Å². The van der Waals surface area contributed by atoms with Crippen molar-refractivity contribution in [3.63, 3.8) is 0 Å². The van der Waals surface area contributed by atoms with Gasteiger partial charge in [-0.15, -0.1) is 3.89 Å². The Hall–Kier alpha value is -1.49. The van der Waals surface area contributed by atoms with Crippen LogP contribution in [0.1, 0.15) is 33.3 Å². The fourth-order valence-electron chi connectivity index (χ4n) is 1.94. The number of benzene rings is 1. The Morgan fingerprint density at radius 2 is 2.05 bits per heavy atom. The van der Waals surface area contributed by atoms with Crippen molar-refractivity contribution in [2.24, 2.45) is 0 Å². The normalized spacial score (nSPS) is 12.4. The highest BCUT2D eigenvalue weighted by molar-refractivity contribution is 7.92. The first kappa shape index (κ1) is 16.9. The predicted octanol–water partition coefficient (Wildman–Crippen LogP) is 2.44. The third-order valence-corrected chi connectivity index (χ3v) is 4.57. The van der Waals surface area contributed by atoms with Crippen molar-refractivity contribution in [1.29, 1.82) is 5.26 Å². The lowest BCUT2D eigenvalue weighted by Crippen LogP contribution is -2.49. The minimum absolute atomic E-state index is 0.0795. The van der Waals surface area contributed by atoms with Gasteiger partial charge in [0, 0.05) is 6.20 Å². The van der Waals surface area contributed by atoms with Gasteiger partial charge in [-0.3, -0.25) is 3.97 Å². The molecule has 0 aliphatic rings. The summed E-state index contributed by atoms with van der Waals surface area (Å²) in [5.74, 6) is 0. The quantitative estimate of drug-likeness (QED) is 0.860. The minimum Gasteiger partial charge on any atom is -0.427 e. The van der Waals surface area contributed by atoms with E-state index in [9.17, 15) is 8.99 Å². The summed E-state index contributed by atoms with van der Waals surface area (Å²) < 4.78 is 20.3. The number of fused-ring (bicyclic) bond motifs is 1. The van der Waals surface area contributed by atoms with Crippen LogP contribution >= 0.6 is 12.3 Å². The van der Waals surface area contributed by atoms with Crippen molar-refractivity contribution in [2.75, 3.05) is 0 Å². The van der Waals surface area contributed by atoms with Gasteiger partial charge in [0.1, 0.15) is 0 Å². The third-order valence-electron chi connectivity index (χ3n) is 4.12. The van der Waals surface area contributed by atoms with Crippen LogP contribution in [0.5, 0.6) is 0 Å². The molecule has 0 aliphatic carbocycles. The highest BCUT2D eigenvalue weighted by Crippen LogP contribution is 2.25. The van der Waals surface area contributed by atoms with Crippen LogP contribution in [0, 0.1) is 11.3 Å². The van der Waals surface area contributed by atoms with Crippen molar-refractivity contribution >= 4 is 36.2 Å². The van der Waals surface area contributed by atoms with Gasteiger partial charge >= 0.3 is 7.48 Å². The first-order chi connectivity index (χ1) is 10.2. The molecule has 0 saturated carbocycles. The molecule has 2 rings (SSSR count). The molecule has 1 aromatic carbocycles. The van der Waals surface area contributed by atoms with E-state index in [1.807, 2.05) is 19.9 Å². The fourth-order valence-corrected chi connectivity index (χ4v) is 2.34. The monoisotopic (exact) mass is 320 g/mol. The van der Waals surface area contributed by atoms with E-state index in [0.29, 0.717) is 11.1 Å². The molecule has 4 nitrogen and oxygen atoms in total. The second kappa shape index (κ2) is 5.96. The molecular weight excluding hydrogens is 302 g/mol. The molecule has 0 radical (unpaired) electrons. The predicted molar refractivity (Wildman–Crippen MR) is 89.0 cm³/mol. The van der Waals surface area contributed by atoms with Gasteiger partial charge in [-0.2, -0.15) is 5.26 Å². The van der Waals surface area contributed by atoms with Gasteiger partial charge in [0.2, 0.25) is 0 Å². The molecule has 0 unspecified atom stereocenters. The van der Waals surface area contributed by atoms with Gasteiger partial charge in [-0.05, 0) is 50.7 Å². The van der Waals surface area contributed by atoms with Crippen LogP contribution in [0.25, 0.3) is 10.9 Å². The summed E-state index contributed by atoms with van der Waals surface area (Å²) in [6.07, 6.45) is 1.65. The molecule has 7 heteroatoms. The van der Waals surface area contributed by atoms with Crippen LogP contribution in [0.4, 0.5) is 3.89 Å². The molecule has 22 heavy (non-hydrogen) atoms. The molecule has 1 heterocycles. The molecule has 0 amide bonds. The number of nitriles is 1. The molecule has 0 spiro atoms. The molecule has 0 atom stereocenters. The summed E-state index contributed by atoms with van der Waals surface area (Å²) in [4.78, 5) is 0. The molecule has 1 N–H and O–H groups in total. The average Bonchev–Trinajstić information content (AvgIpc) is 2.81. The van der Waals surface area contributed by atoms with E-state index in [-0.39, 0.29) is 19.8 Å². The number of rotatable bonds is 5. The summed E-state index contributed by atoms with van der Waals surface area (Å²) in [6.45, 7) is 6.99. The van der Waals surface area contributed by atoms with Crippen molar-refractivity contribution < 1.29 is 13.6 Å². The smallest absolute Gasteiger partial charge is 0.311 e. The topological polar surface area (TPSA) is 58.2 Å². The van der Waals surface area contributed by atoms with E-state index >= 15 is 0 Å². The van der Waals surface area contributed by atoms with Crippen LogP contribution in [-0.2, 0) is 4.65 Å². The van der Waals surface area contributed by atoms with E-state index in [1.54, 1.807) is 38.2 Å². The Morgan fingerprint density at radius 3 is 2.59 bits per heavy atom. The zero-order chi connectivity index (χ0) is 16.5.